The Hall–Kier alpha value is -0.580. The summed E-state index contributed by atoms with van der Waals surface area (Å²) in [6.07, 6.45) is 0. The summed E-state index contributed by atoms with van der Waals surface area (Å²) < 4.78 is 0.634. The summed E-state index contributed by atoms with van der Waals surface area (Å²) in [6, 6.07) is 5.02. The fourth-order valence-electron chi connectivity index (χ4n) is 1.02. The third-order valence-corrected chi connectivity index (χ3v) is 3.25. The van der Waals surface area contributed by atoms with Crippen molar-refractivity contribution in [1.82, 2.24) is 0 Å². The van der Waals surface area contributed by atoms with Crippen LogP contribution in [0.5, 0.6) is 0 Å². The van der Waals surface area contributed by atoms with Crippen LogP contribution in [0, 0.1) is 0 Å². The van der Waals surface area contributed by atoms with Crippen molar-refractivity contribution in [1.29, 1.82) is 0 Å². The number of rotatable bonds is 2. The molecule has 0 amide bonds. The highest BCUT2D eigenvalue weighted by Gasteiger charge is 2.32. The molecule has 3 nitrogen and oxygen atoms in total. The Labute approximate surface area is 95.0 Å². The summed E-state index contributed by atoms with van der Waals surface area (Å²) >= 11 is 9.14. The quantitative estimate of drug-likeness (QED) is 0.873. The lowest BCUT2D eigenvalue weighted by Gasteiger charge is -2.21. The minimum atomic E-state index is -1.47. The first kappa shape index (κ1) is 11.5. The molecule has 76 valence electrons. The summed E-state index contributed by atoms with van der Waals surface area (Å²) in [4.78, 5) is 10.9. The second kappa shape index (κ2) is 3.88. The Balaban J connectivity index is 3.33. The topological polar surface area (TPSA) is 63.3 Å². The molecule has 1 unspecified atom stereocenters. The molecular formula is C9H9BrClNO2. The maximum absolute atomic E-state index is 10.9. The van der Waals surface area contributed by atoms with E-state index in [0.29, 0.717) is 15.1 Å². The van der Waals surface area contributed by atoms with Gasteiger partial charge in [0.25, 0.3) is 0 Å². The second-order valence-corrected chi connectivity index (χ2v) is 4.34. The molecule has 1 atom stereocenters. The van der Waals surface area contributed by atoms with Gasteiger partial charge in [0.1, 0.15) is 5.54 Å². The average molecular weight is 279 g/mol. The van der Waals surface area contributed by atoms with E-state index in [1.807, 2.05) is 0 Å². The van der Waals surface area contributed by atoms with E-state index in [1.165, 1.54) is 6.92 Å². The van der Waals surface area contributed by atoms with Crippen LogP contribution in [0.15, 0.2) is 22.7 Å². The highest BCUT2D eigenvalue weighted by molar-refractivity contribution is 9.10. The Morgan fingerprint density at radius 1 is 1.64 bits per heavy atom. The molecule has 0 aliphatic heterocycles. The first-order valence-electron chi connectivity index (χ1n) is 3.84. The van der Waals surface area contributed by atoms with Crippen LogP contribution in [0.25, 0.3) is 0 Å². The number of halogens is 2. The summed E-state index contributed by atoms with van der Waals surface area (Å²) in [7, 11) is 0. The van der Waals surface area contributed by atoms with E-state index in [2.05, 4.69) is 15.9 Å². The molecule has 0 aliphatic rings. The molecule has 0 spiro atoms. The second-order valence-electron chi connectivity index (χ2n) is 3.11. The number of hydrogen-bond acceptors (Lipinski definition) is 2. The molecule has 1 rings (SSSR count). The molecule has 3 N–H and O–H groups in total. The van der Waals surface area contributed by atoms with Gasteiger partial charge in [0.15, 0.2) is 0 Å². The average Bonchev–Trinajstić information content (AvgIpc) is 2.09. The monoisotopic (exact) mass is 277 g/mol. The van der Waals surface area contributed by atoms with Gasteiger partial charge < -0.3 is 10.8 Å². The van der Waals surface area contributed by atoms with Gasteiger partial charge in [-0.05, 0) is 28.9 Å². The molecule has 0 aromatic heterocycles. The summed E-state index contributed by atoms with van der Waals surface area (Å²) in [5.41, 5.74) is 4.56. The lowest BCUT2D eigenvalue weighted by molar-refractivity contribution is -0.143. The largest absolute Gasteiger partial charge is 0.480 e. The smallest absolute Gasteiger partial charge is 0.328 e. The van der Waals surface area contributed by atoms with Crippen molar-refractivity contribution in [3.05, 3.63) is 33.3 Å². The summed E-state index contributed by atoms with van der Waals surface area (Å²) in [6.45, 7) is 1.41. The zero-order valence-electron chi connectivity index (χ0n) is 7.42. The van der Waals surface area contributed by atoms with E-state index in [0.717, 1.165) is 0 Å². The third-order valence-electron chi connectivity index (χ3n) is 1.96. The van der Waals surface area contributed by atoms with E-state index in [4.69, 9.17) is 22.4 Å². The molecule has 0 saturated carbocycles. The number of nitrogens with two attached hydrogens (primary N) is 1. The number of carboxylic acid groups (broad SMARTS) is 1. The minimum absolute atomic E-state index is 0.333. The van der Waals surface area contributed by atoms with Gasteiger partial charge in [-0.3, -0.25) is 0 Å². The van der Waals surface area contributed by atoms with E-state index in [1.54, 1.807) is 18.2 Å². The first-order chi connectivity index (χ1) is 6.37. The maximum atomic E-state index is 10.9. The predicted molar refractivity (Wildman–Crippen MR) is 58.3 cm³/mol. The van der Waals surface area contributed by atoms with E-state index < -0.39 is 11.5 Å². The standard InChI is InChI=1S/C9H9BrClNO2/c1-9(12,8(13)14)5-3-2-4-6(10)7(5)11/h2-4H,12H2,1H3,(H,13,14). The molecule has 1 aromatic carbocycles. The zero-order valence-corrected chi connectivity index (χ0v) is 9.76. The Morgan fingerprint density at radius 3 is 2.71 bits per heavy atom. The van der Waals surface area contributed by atoms with Gasteiger partial charge >= 0.3 is 5.97 Å². The number of benzene rings is 1. The predicted octanol–water partition coefficient (Wildman–Crippen LogP) is 2.36. The molecule has 0 radical (unpaired) electrons. The zero-order chi connectivity index (χ0) is 10.9. The highest BCUT2D eigenvalue weighted by Crippen LogP contribution is 2.32. The fraction of sp³-hybridized carbons (Fsp3) is 0.222. The first-order valence-corrected chi connectivity index (χ1v) is 5.01. The summed E-state index contributed by atoms with van der Waals surface area (Å²) in [5, 5.41) is 9.24. The van der Waals surface area contributed by atoms with Crippen LogP contribution in [-0.4, -0.2) is 11.1 Å². The molecule has 1 aromatic rings. The molecule has 0 fully saturated rings. The van der Waals surface area contributed by atoms with Gasteiger partial charge in [0.2, 0.25) is 0 Å². The number of carboxylic acids is 1. The van der Waals surface area contributed by atoms with Crippen LogP contribution in [-0.2, 0) is 10.3 Å². The number of hydrogen-bond donors (Lipinski definition) is 2. The van der Waals surface area contributed by atoms with Crippen molar-refractivity contribution < 1.29 is 9.90 Å². The molecule has 14 heavy (non-hydrogen) atoms. The number of aliphatic carboxylic acids is 1. The number of carbonyl (C=O) groups is 1. The van der Waals surface area contributed by atoms with Crippen LogP contribution in [0.3, 0.4) is 0 Å². The van der Waals surface area contributed by atoms with Gasteiger partial charge in [0.05, 0.1) is 5.02 Å². The van der Waals surface area contributed by atoms with Crippen LogP contribution in [0.2, 0.25) is 5.02 Å². The molecule has 0 bridgehead atoms. The van der Waals surface area contributed by atoms with Crippen molar-refractivity contribution >= 4 is 33.5 Å². The van der Waals surface area contributed by atoms with Crippen LogP contribution in [0.1, 0.15) is 12.5 Å². The van der Waals surface area contributed by atoms with Crippen molar-refractivity contribution in [2.75, 3.05) is 0 Å². The van der Waals surface area contributed by atoms with Crippen LogP contribution in [0.4, 0.5) is 0 Å². The van der Waals surface area contributed by atoms with Crippen molar-refractivity contribution in [2.45, 2.75) is 12.5 Å². The van der Waals surface area contributed by atoms with E-state index in [9.17, 15) is 4.79 Å². The van der Waals surface area contributed by atoms with Crippen molar-refractivity contribution in [3.63, 3.8) is 0 Å². The maximum Gasteiger partial charge on any atom is 0.328 e. The van der Waals surface area contributed by atoms with E-state index >= 15 is 0 Å². The van der Waals surface area contributed by atoms with Crippen molar-refractivity contribution in [2.24, 2.45) is 5.73 Å². The SMILES string of the molecule is CC(N)(C(=O)O)c1cccc(Br)c1Cl. The van der Waals surface area contributed by atoms with Crippen molar-refractivity contribution in [3.8, 4) is 0 Å². The molecule has 0 heterocycles. The molecule has 0 aliphatic carbocycles. The minimum Gasteiger partial charge on any atom is -0.480 e. The lowest BCUT2D eigenvalue weighted by Crippen LogP contribution is -2.41. The lowest BCUT2D eigenvalue weighted by atomic mass is 9.93. The Morgan fingerprint density at radius 2 is 2.21 bits per heavy atom. The van der Waals surface area contributed by atoms with Crippen LogP contribution >= 0.6 is 27.5 Å². The normalized spacial score (nSPS) is 14.9. The molecule has 5 heteroatoms. The Bertz CT molecular complexity index is 379. The fourth-order valence-corrected chi connectivity index (χ4v) is 1.71. The van der Waals surface area contributed by atoms with Gasteiger partial charge in [-0.15, -0.1) is 0 Å². The third kappa shape index (κ3) is 1.92. The van der Waals surface area contributed by atoms with Gasteiger partial charge in [-0.25, -0.2) is 4.79 Å². The van der Waals surface area contributed by atoms with Gasteiger partial charge in [0, 0.05) is 10.0 Å². The highest BCUT2D eigenvalue weighted by atomic mass is 79.9. The van der Waals surface area contributed by atoms with Gasteiger partial charge in [-0.1, -0.05) is 23.7 Å². The summed E-state index contributed by atoms with van der Waals surface area (Å²) in [5.74, 6) is -1.11. The van der Waals surface area contributed by atoms with Crippen LogP contribution < -0.4 is 5.73 Å². The van der Waals surface area contributed by atoms with E-state index in [-0.39, 0.29) is 0 Å². The van der Waals surface area contributed by atoms with Gasteiger partial charge in [-0.2, -0.15) is 0 Å². The molecule has 0 saturated heterocycles. The molecular weight excluding hydrogens is 269 g/mol. The Kier molecular flexibility index (Phi) is 3.19.